The van der Waals surface area contributed by atoms with Crippen LogP contribution >= 0.6 is 0 Å². The summed E-state index contributed by atoms with van der Waals surface area (Å²) in [5.74, 6) is 2.07. The van der Waals surface area contributed by atoms with E-state index in [1.807, 2.05) is 19.1 Å². The van der Waals surface area contributed by atoms with Gasteiger partial charge in [-0.2, -0.15) is 0 Å². The fraction of sp³-hybridized carbons (Fsp3) is 0.250. The second-order valence-electron chi connectivity index (χ2n) is 6.11. The van der Waals surface area contributed by atoms with Crippen molar-refractivity contribution in [3.8, 4) is 12.3 Å². The lowest BCUT2D eigenvalue weighted by atomic mass is 10.1. The number of terminal acetylenes is 1. The molecule has 2 aromatic rings. The number of carbonyl (C=O) groups is 1. The third-order valence-corrected chi connectivity index (χ3v) is 6.10. The van der Waals surface area contributed by atoms with E-state index < -0.39 is 15.9 Å². The fourth-order valence-electron chi connectivity index (χ4n) is 2.96. The van der Waals surface area contributed by atoms with Crippen LogP contribution in [0, 0.1) is 33.1 Å². The van der Waals surface area contributed by atoms with Gasteiger partial charge in [-0.15, -0.1) is 6.42 Å². The SMILES string of the molecule is C#Cc1cccc(N(CC(=O)NC)S(=O)(=O)c2c(C)cc(C)cc2C)c1. The molecule has 0 aromatic heterocycles. The molecule has 0 saturated carbocycles. The summed E-state index contributed by atoms with van der Waals surface area (Å²) in [7, 11) is -2.49. The van der Waals surface area contributed by atoms with Crippen molar-refractivity contribution in [1.29, 1.82) is 0 Å². The van der Waals surface area contributed by atoms with E-state index in [0.717, 1.165) is 9.87 Å². The predicted molar refractivity (Wildman–Crippen MR) is 104 cm³/mol. The van der Waals surface area contributed by atoms with Gasteiger partial charge < -0.3 is 5.32 Å². The van der Waals surface area contributed by atoms with E-state index in [0.29, 0.717) is 22.4 Å². The standard InChI is InChI=1S/C20H22N2O3S/c1-6-17-8-7-9-18(12-17)22(13-19(23)21-5)26(24,25)20-15(3)10-14(2)11-16(20)4/h1,7-12H,13H2,2-5H3,(H,21,23). The Morgan fingerprint density at radius 1 is 1.15 bits per heavy atom. The van der Waals surface area contributed by atoms with Crippen molar-refractivity contribution in [3.05, 3.63) is 58.7 Å². The molecule has 0 saturated heterocycles. The van der Waals surface area contributed by atoms with Gasteiger partial charge in [0.1, 0.15) is 6.54 Å². The van der Waals surface area contributed by atoms with E-state index in [1.54, 1.807) is 38.1 Å². The Kier molecular flexibility index (Phi) is 5.73. The minimum absolute atomic E-state index is 0.207. The zero-order valence-corrected chi connectivity index (χ0v) is 16.1. The zero-order chi connectivity index (χ0) is 19.5. The molecule has 0 fully saturated rings. The molecule has 0 heterocycles. The number of hydrogen-bond donors (Lipinski definition) is 1. The summed E-state index contributed by atoms with van der Waals surface area (Å²) >= 11 is 0. The van der Waals surface area contributed by atoms with Gasteiger partial charge in [0.05, 0.1) is 10.6 Å². The average molecular weight is 370 g/mol. The summed E-state index contributed by atoms with van der Waals surface area (Å²) in [6.45, 7) is 5.08. The number of aryl methyl sites for hydroxylation is 3. The number of hydrogen-bond acceptors (Lipinski definition) is 3. The van der Waals surface area contributed by atoms with Gasteiger partial charge in [-0.05, 0) is 50.1 Å². The van der Waals surface area contributed by atoms with Crippen molar-refractivity contribution in [2.24, 2.45) is 0 Å². The summed E-state index contributed by atoms with van der Waals surface area (Å²) in [4.78, 5) is 12.2. The lowest BCUT2D eigenvalue weighted by Crippen LogP contribution is -2.40. The summed E-state index contributed by atoms with van der Waals surface area (Å²) in [5.41, 5.74) is 3.14. The largest absolute Gasteiger partial charge is 0.358 e. The second-order valence-corrected chi connectivity index (χ2v) is 7.91. The van der Waals surface area contributed by atoms with Gasteiger partial charge in [-0.3, -0.25) is 9.10 Å². The molecule has 0 unspecified atom stereocenters. The molecular weight excluding hydrogens is 348 g/mol. The van der Waals surface area contributed by atoms with Crippen LogP contribution in [-0.4, -0.2) is 27.9 Å². The van der Waals surface area contributed by atoms with Crippen LogP contribution in [0.15, 0.2) is 41.3 Å². The Hall–Kier alpha value is -2.78. The molecule has 0 atom stereocenters. The normalized spacial score (nSPS) is 10.9. The van der Waals surface area contributed by atoms with Crippen molar-refractivity contribution in [1.82, 2.24) is 5.32 Å². The first-order valence-corrected chi connectivity index (χ1v) is 9.52. The monoisotopic (exact) mass is 370 g/mol. The number of sulfonamides is 1. The van der Waals surface area contributed by atoms with Gasteiger partial charge >= 0.3 is 0 Å². The molecule has 2 rings (SSSR count). The van der Waals surface area contributed by atoms with E-state index in [4.69, 9.17) is 6.42 Å². The van der Waals surface area contributed by atoms with Gasteiger partial charge in [-0.25, -0.2) is 8.42 Å². The van der Waals surface area contributed by atoms with Crippen LogP contribution in [0.1, 0.15) is 22.3 Å². The van der Waals surface area contributed by atoms with Crippen molar-refractivity contribution in [3.63, 3.8) is 0 Å². The Morgan fingerprint density at radius 3 is 2.31 bits per heavy atom. The van der Waals surface area contributed by atoms with Gasteiger partial charge in [0.15, 0.2) is 0 Å². The molecule has 0 aliphatic heterocycles. The molecule has 0 radical (unpaired) electrons. The van der Waals surface area contributed by atoms with Gasteiger partial charge in [-0.1, -0.05) is 29.7 Å². The lowest BCUT2D eigenvalue weighted by molar-refractivity contribution is -0.119. The number of rotatable bonds is 5. The van der Waals surface area contributed by atoms with E-state index in [9.17, 15) is 13.2 Å². The summed E-state index contributed by atoms with van der Waals surface area (Å²) in [6, 6.07) is 10.2. The fourth-order valence-corrected chi connectivity index (χ4v) is 4.79. The van der Waals surface area contributed by atoms with E-state index in [-0.39, 0.29) is 11.4 Å². The molecule has 5 nitrogen and oxygen atoms in total. The zero-order valence-electron chi connectivity index (χ0n) is 15.3. The minimum atomic E-state index is -3.96. The third kappa shape index (κ3) is 3.89. The van der Waals surface area contributed by atoms with E-state index in [2.05, 4.69) is 11.2 Å². The predicted octanol–water partition coefficient (Wildman–Crippen LogP) is 2.53. The molecular formula is C20H22N2O3S. The van der Waals surface area contributed by atoms with Crippen LogP contribution < -0.4 is 9.62 Å². The quantitative estimate of drug-likeness (QED) is 0.823. The Morgan fingerprint density at radius 2 is 1.77 bits per heavy atom. The lowest BCUT2D eigenvalue weighted by Gasteiger charge is -2.26. The maximum Gasteiger partial charge on any atom is 0.265 e. The number of carbonyl (C=O) groups excluding carboxylic acids is 1. The summed E-state index contributed by atoms with van der Waals surface area (Å²) in [5, 5.41) is 2.47. The molecule has 136 valence electrons. The highest BCUT2D eigenvalue weighted by Gasteiger charge is 2.30. The van der Waals surface area contributed by atoms with Crippen LogP contribution in [0.3, 0.4) is 0 Å². The van der Waals surface area contributed by atoms with E-state index in [1.165, 1.54) is 7.05 Å². The highest BCUT2D eigenvalue weighted by atomic mass is 32.2. The van der Waals surface area contributed by atoms with Crippen LogP contribution in [0.2, 0.25) is 0 Å². The minimum Gasteiger partial charge on any atom is -0.358 e. The molecule has 26 heavy (non-hydrogen) atoms. The topological polar surface area (TPSA) is 66.5 Å². The second kappa shape index (κ2) is 7.63. The molecule has 0 spiro atoms. The molecule has 0 bridgehead atoms. The molecule has 1 N–H and O–H groups in total. The highest BCUT2D eigenvalue weighted by Crippen LogP contribution is 2.29. The smallest absolute Gasteiger partial charge is 0.265 e. The summed E-state index contributed by atoms with van der Waals surface area (Å²) < 4.78 is 28.0. The Bertz CT molecular complexity index is 965. The number of nitrogens with one attached hydrogen (secondary N) is 1. The molecule has 1 amide bonds. The summed E-state index contributed by atoms with van der Waals surface area (Å²) in [6.07, 6.45) is 5.43. The maximum atomic E-state index is 13.4. The van der Waals surface area contributed by atoms with Crippen LogP contribution in [0.4, 0.5) is 5.69 Å². The van der Waals surface area contributed by atoms with Crippen LogP contribution in [0.25, 0.3) is 0 Å². The average Bonchev–Trinajstić information content (AvgIpc) is 2.58. The van der Waals surface area contributed by atoms with Crippen molar-refractivity contribution < 1.29 is 13.2 Å². The van der Waals surface area contributed by atoms with Crippen LogP contribution in [0.5, 0.6) is 0 Å². The van der Waals surface area contributed by atoms with Gasteiger partial charge in [0.2, 0.25) is 5.91 Å². The van der Waals surface area contributed by atoms with Gasteiger partial charge in [0, 0.05) is 12.6 Å². The molecule has 6 heteroatoms. The van der Waals surface area contributed by atoms with Gasteiger partial charge in [0.25, 0.3) is 10.0 Å². The first-order valence-electron chi connectivity index (χ1n) is 8.08. The molecule has 2 aromatic carbocycles. The molecule has 0 aliphatic carbocycles. The number of anilines is 1. The first-order chi connectivity index (χ1) is 12.2. The molecule has 0 aliphatic rings. The highest BCUT2D eigenvalue weighted by molar-refractivity contribution is 7.93. The first kappa shape index (κ1) is 19.5. The van der Waals surface area contributed by atoms with Crippen LogP contribution in [-0.2, 0) is 14.8 Å². The Balaban J connectivity index is 2.68. The Labute approximate surface area is 155 Å². The number of benzene rings is 2. The van der Waals surface area contributed by atoms with Crippen molar-refractivity contribution in [2.75, 3.05) is 17.9 Å². The van der Waals surface area contributed by atoms with Crippen molar-refractivity contribution >= 4 is 21.6 Å². The number of amides is 1. The third-order valence-electron chi connectivity index (χ3n) is 4.02. The maximum absolute atomic E-state index is 13.4. The number of likely N-dealkylation sites (N-methyl/N-ethyl adjacent to an activating group) is 1. The number of nitrogens with zero attached hydrogens (tertiary/aromatic N) is 1. The van der Waals surface area contributed by atoms with E-state index >= 15 is 0 Å². The van der Waals surface area contributed by atoms with Crippen molar-refractivity contribution in [2.45, 2.75) is 25.7 Å².